The minimum Gasteiger partial charge on any atom is -0.496 e. The standard InChI is InChI=1S/C5H9NO/c1-3-7-4-5(2)6/h3H,1-2,4,6H2. The zero-order valence-corrected chi connectivity index (χ0v) is 4.18. The van der Waals surface area contributed by atoms with Gasteiger partial charge in [-0.05, 0) is 0 Å². The Morgan fingerprint density at radius 3 is 2.57 bits per heavy atom. The van der Waals surface area contributed by atoms with E-state index in [1.165, 1.54) is 6.26 Å². The zero-order valence-electron chi connectivity index (χ0n) is 4.18. The monoisotopic (exact) mass is 99.1 g/mol. The van der Waals surface area contributed by atoms with E-state index >= 15 is 0 Å². The molecule has 0 aliphatic rings. The minimum atomic E-state index is 0.365. The van der Waals surface area contributed by atoms with Crippen LogP contribution in [0.5, 0.6) is 0 Å². The number of hydrogen-bond donors (Lipinski definition) is 1. The van der Waals surface area contributed by atoms with Crippen LogP contribution in [0.15, 0.2) is 25.1 Å². The molecule has 0 aromatic rings. The highest BCUT2D eigenvalue weighted by atomic mass is 16.5. The third kappa shape index (κ3) is 5.08. The van der Waals surface area contributed by atoms with Crippen LogP contribution >= 0.6 is 0 Å². The molecule has 0 heterocycles. The SMILES string of the molecule is C=COCC(=C)N. The first-order valence-corrected chi connectivity index (χ1v) is 1.93. The molecule has 0 saturated heterocycles. The maximum atomic E-state index is 5.11. The average molecular weight is 99.1 g/mol. The van der Waals surface area contributed by atoms with Crippen molar-refractivity contribution in [2.45, 2.75) is 0 Å². The molecule has 0 aromatic heterocycles. The van der Waals surface area contributed by atoms with Crippen molar-refractivity contribution >= 4 is 0 Å². The van der Waals surface area contributed by atoms with Crippen molar-refractivity contribution < 1.29 is 4.74 Å². The summed E-state index contributed by atoms with van der Waals surface area (Å²) in [6, 6.07) is 0. The largest absolute Gasteiger partial charge is 0.496 e. The molecule has 0 unspecified atom stereocenters. The van der Waals surface area contributed by atoms with Crippen LogP contribution in [-0.2, 0) is 4.74 Å². The third-order valence-corrected chi connectivity index (χ3v) is 0.387. The van der Waals surface area contributed by atoms with Gasteiger partial charge in [-0.15, -0.1) is 0 Å². The molecule has 0 rings (SSSR count). The minimum absolute atomic E-state index is 0.365. The second kappa shape index (κ2) is 3.28. The first kappa shape index (κ1) is 6.08. The Balaban J connectivity index is 2.97. The van der Waals surface area contributed by atoms with Crippen molar-refractivity contribution in [3.8, 4) is 0 Å². The van der Waals surface area contributed by atoms with Crippen molar-refractivity contribution in [1.82, 2.24) is 0 Å². The van der Waals surface area contributed by atoms with Gasteiger partial charge in [0.05, 0.1) is 6.26 Å². The predicted molar refractivity (Wildman–Crippen MR) is 29.5 cm³/mol. The molecule has 7 heavy (non-hydrogen) atoms. The highest BCUT2D eigenvalue weighted by Gasteiger charge is 1.77. The van der Waals surface area contributed by atoms with Gasteiger partial charge in [0.15, 0.2) is 0 Å². The summed E-state index contributed by atoms with van der Waals surface area (Å²) in [5, 5.41) is 0. The molecule has 0 atom stereocenters. The molecule has 0 aromatic carbocycles. The van der Waals surface area contributed by atoms with Crippen LogP contribution in [0.25, 0.3) is 0 Å². The second-order valence-corrected chi connectivity index (χ2v) is 1.14. The highest BCUT2D eigenvalue weighted by molar-refractivity contribution is 4.85. The molecule has 0 bridgehead atoms. The zero-order chi connectivity index (χ0) is 5.70. The predicted octanol–water partition coefficient (Wildman–Crippen LogP) is 0.619. The number of ether oxygens (including phenoxy) is 1. The van der Waals surface area contributed by atoms with E-state index in [-0.39, 0.29) is 0 Å². The van der Waals surface area contributed by atoms with Crippen LogP contribution in [0.1, 0.15) is 0 Å². The Morgan fingerprint density at radius 2 is 2.43 bits per heavy atom. The van der Waals surface area contributed by atoms with E-state index < -0.39 is 0 Å². The first-order chi connectivity index (χ1) is 3.27. The number of nitrogens with two attached hydrogens (primary N) is 1. The molecule has 2 heteroatoms. The van der Waals surface area contributed by atoms with Gasteiger partial charge in [-0.1, -0.05) is 13.2 Å². The van der Waals surface area contributed by atoms with E-state index in [0.29, 0.717) is 12.3 Å². The fourth-order valence-electron chi connectivity index (χ4n) is 0.166. The molecular weight excluding hydrogens is 90.1 g/mol. The van der Waals surface area contributed by atoms with Crippen LogP contribution in [0.4, 0.5) is 0 Å². The quantitative estimate of drug-likeness (QED) is 0.526. The van der Waals surface area contributed by atoms with E-state index in [1.807, 2.05) is 0 Å². The van der Waals surface area contributed by atoms with Crippen molar-refractivity contribution in [3.63, 3.8) is 0 Å². The third-order valence-electron chi connectivity index (χ3n) is 0.387. The van der Waals surface area contributed by atoms with Crippen molar-refractivity contribution in [3.05, 3.63) is 25.1 Å². The van der Waals surface area contributed by atoms with Gasteiger partial charge in [-0.25, -0.2) is 0 Å². The van der Waals surface area contributed by atoms with E-state index in [1.54, 1.807) is 0 Å². The Bertz CT molecular complexity index is 78.1. The Kier molecular flexibility index (Phi) is 2.85. The lowest BCUT2D eigenvalue weighted by Crippen LogP contribution is -2.00. The lowest BCUT2D eigenvalue weighted by Gasteiger charge is -1.94. The molecule has 0 saturated carbocycles. The summed E-state index contributed by atoms with van der Waals surface area (Å²) in [5.74, 6) is 0. The summed E-state index contributed by atoms with van der Waals surface area (Å²) in [5.41, 5.74) is 5.63. The van der Waals surface area contributed by atoms with Gasteiger partial charge in [0.1, 0.15) is 6.61 Å². The summed E-state index contributed by atoms with van der Waals surface area (Å²) >= 11 is 0. The number of hydrogen-bond acceptors (Lipinski definition) is 2. The van der Waals surface area contributed by atoms with Gasteiger partial charge >= 0.3 is 0 Å². The summed E-state index contributed by atoms with van der Waals surface area (Å²) in [6.07, 6.45) is 1.33. The van der Waals surface area contributed by atoms with Gasteiger partial charge in [-0.2, -0.15) is 0 Å². The van der Waals surface area contributed by atoms with Gasteiger partial charge in [0, 0.05) is 5.70 Å². The number of rotatable bonds is 3. The average Bonchev–Trinajstić information content (AvgIpc) is 1.61. The van der Waals surface area contributed by atoms with Crippen molar-refractivity contribution in [1.29, 1.82) is 0 Å². The summed E-state index contributed by atoms with van der Waals surface area (Å²) in [4.78, 5) is 0. The van der Waals surface area contributed by atoms with E-state index in [9.17, 15) is 0 Å². The molecule has 2 N–H and O–H groups in total. The van der Waals surface area contributed by atoms with Crippen LogP contribution < -0.4 is 5.73 Å². The van der Waals surface area contributed by atoms with E-state index in [0.717, 1.165) is 0 Å². The molecule has 40 valence electrons. The molecular formula is C5H9NO. The Morgan fingerprint density at radius 1 is 1.86 bits per heavy atom. The topological polar surface area (TPSA) is 35.2 Å². The van der Waals surface area contributed by atoms with Gasteiger partial charge in [0.2, 0.25) is 0 Å². The fourth-order valence-corrected chi connectivity index (χ4v) is 0.166. The molecule has 0 spiro atoms. The van der Waals surface area contributed by atoms with Crippen LogP contribution in [-0.4, -0.2) is 6.61 Å². The normalized spacial score (nSPS) is 7.43. The summed E-state index contributed by atoms with van der Waals surface area (Å²) < 4.78 is 4.63. The molecule has 0 aliphatic heterocycles. The molecule has 0 aliphatic carbocycles. The van der Waals surface area contributed by atoms with Crippen LogP contribution in [0, 0.1) is 0 Å². The Labute approximate surface area is 43.3 Å². The van der Waals surface area contributed by atoms with Gasteiger partial charge < -0.3 is 10.5 Å². The summed E-state index contributed by atoms with van der Waals surface area (Å²) in [7, 11) is 0. The van der Waals surface area contributed by atoms with E-state index in [2.05, 4.69) is 17.9 Å². The second-order valence-electron chi connectivity index (χ2n) is 1.14. The molecule has 0 radical (unpaired) electrons. The first-order valence-electron chi connectivity index (χ1n) is 1.93. The van der Waals surface area contributed by atoms with Gasteiger partial charge in [-0.3, -0.25) is 0 Å². The van der Waals surface area contributed by atoms with Crippen LogP contribution in [0.2, 0.25) is 0 Å². The highest BCUT2D eigenvalue weighted by Crippen LogP contribution is 1.78. The smallest absolute Gasteiger partial charge is 0.126 e. The fraction of sp³-hybridized carbons (Fsp3) is 0.200. The maximum Gasteiger partial charge on any atom is 0.126 e. The van der Waals surface area contributed by atoms with Gasteiger partial charge in [0.25, 0.3) is 0 Å². The molecule has 2 nitrogen and oxygen atoms in total. The summed E-state index contributed by atoms with van der Waals surface area (Å²) in [6.45, 7) is 7.08. The lowest BCUT2D eigenvalue weighted by atomic mass is 10.6. The molecule has 0 amide bonds. The molecule has 0 fully saturated rings. The van der Waals surface area contributed by atoms with Crippen molar-refractivity contribution in [2.75, 3.05) is 6.61 Å². The van der Waals surface area contributed by atoms with Crippen molar-refractivity contribution in [2.24, 2.45) is 5.73 Å². The maximum absolute atomic E-state index is 5.11. The Hall–Kier alpha value is -0.920. The lowest BCUT2D eigenvalue weighted by molar-refractivity contribution is 0.281. The van der Waals surface area contributed by atoms with Crippen LogP contribution in [0.3, 0.4) is 0 Å². The van der Waals surface area contributed by atoms with E-state index in [4.69, 9.17) is 5.73 Å².